The molecule has 12 nitrogen and oxygen atoms in total. The standard InChI is InChI=1S/C65H98O12/c1-4-7-10-13-16-19-22-25-27-28-29-30-32-34-36-39-42-45-48-51-57(66)73-54-56(75-58(67)52-49-46-43-40-37-33-24-21-18-15-12-9-6-3)55-74-65-63(61(70)60(69)62(77-65)64(71)72)76-59(68)53-50-47-44-41-38-35-31-26-23-20-17-14-11-8-5-2/h7-12,16-21,25-27,29-31,33-34,36-37,43,46,56,60-63,65,69-70H,4-6,13-15,22-24,28,32,35,38-42,44-45,47-55H2,1-3H3,(H,71,72)/b10-7-,11-8-,12-9-,19-16-,20-17-,21-18-,27-25-,30-29-,31-26-,36-34-,37-33-,46-43-. The highest BCUT2D eigenvalue weighted by molar-refractivity contribution is 5.74. The fourth-order valence-corrected chi connectivity index (χ4v) is 7.60. The molecule has 0 amide bonds. The van der Waals surface area contributed by atoms with E-state index in [-0.39, 0.29) is 25.9 Å². The second-order valence-electron chi connectivity index (χ2n) is 18.8. The van der Waals surface area contributed by atoms with Gasteiger partial charge in [0.15, 0.2) is 24.6 Å². The molecule has 3 N–H and O–H groups in total. The number of carbonyl (C=O) groups excluding carboxylic acids is 3. The lowest BCUT2D eigenvalue weighted by atomic mass is 9.98. The molecule has 0 saturated carbocycles. The Morgan fingerprint density at radius 2 is 0.805 bits per heavy atom. The van der Waals surface area contributed by atoms with E-state index in [1.807, 2.05) is 12.2 Å². The molecule has 0 spiro atoms. The fraction of sp³-hybridized carbons (Fsp3) is 0.569. The average Bonchev–Trinajstić information content (AvgIpc) is 3.42. The molecule has 1 aliphatic heterocycles. The summed E-state index contributed by atoms with van der Waals surface area (Å²) in [4.78, 5) is 51.0. The molecular weight excluding hydrogens is 973 g/mol. The van der Waals surface area contributed by atoms with E-state index in [1.54, 1.807) is 0 Å². The van der Waals surface area contributed by atoms with Crippen LogP contribution in [0.1, 0.15) is 188 Å². The van der Waals surface area contributed by atoms with Crippen LogP contribution in [-0.4, -0.2) is 89.2 Å². The van der Waals surface area contributed by atoms with Crippen LogP contribution < -0.4 is 0 Å². The zero-order valence-electron chi connectivity index (χ0n) is 47.1. The summed E-state index contributed by atoms with van der Waals surface area (Å²) in [6, 6.07) is 0. The van der Waals surface area contributed by atoms with Crippen LogP contribution >= 0.6 is 0 Å². The van der Waals surface area contributed by atoms with Gasteiger partial charge in [-0.2, -0.15) is 0 Å². The second kappa shape index (κ2) is 51.4. The van der Waals surface area contributed by atoms with E-state index >= 15 is 0 Å². The summed E-state index contributed by atoms with van der Waals surface area (Å²) in [5.74, 6) is -3.33. The molecule has 1 rings (SSSR count). The highest BCUT2D eigenvalue weighted by Gasteiger charge is 2.50. The van der Waals surface area contributed by atoms with Gasteiger partial charge in [-0.3, -0.25) is 14.4 Å². The molecule has 0 aromatic carbocycles. The Kier molecular flexibility index (Phi) is 46.4. The molecule has 12 heteroatoms. The van der Waals surface area contributed by atoms with Gasteiger partial charge in [-0.1, -0.05) is 192 Å². The van der Waals surface area contributed by atoms with Crippen LogP contribution in [0.2, 0.25) is 0 Å². The van der Waals surface area contributed by atoms with Crippen LogP contribution in [0.5, 0.6) is 0 Å². The maximum Gasteiger partial charge on any atom is 0.335 e. The molecule has 0 aromatic heterocycles. The highest BCUT2D eigenvalue weighted by atomic mass is 16.7. The third-order valence-corrected chi connectivity index (χ3v) is 11.9. The summed E-state index contributed by atoms with van der Waals surface area (Å²) in [7, 11) is 0. The first-order valence-electron chi connectivity index (χ1n) is 28.8. The van der Waals surface area contributed by atoms with Crippen molar-refractivity contribution in [1.82, 2.24) is 0 Å². The Hall–Kier alpha value is -5.40. The molecule has 1 heterocycles. The molecule has 430 valence electrons. The van der Waals surface area contributed by atoms with Crippen LogP contribution in [-0.2, 0) is 42.9 Å². The van der Waals surface area contributed by atoms with Gasteiger partial charge in [0, 0.05) is 19.3 Å². The minimum Gasteiger partial charge on any atom is -0.479 e. The molecule has 6 atom stereocenters. The number of hydrogen-bond acceptors (Lipinski definition) is 11. The lowest BCUT2D eigenvalue weighted by Gasteiger charge is -2.40. The van der Waals surface area contributed by atoms with Crippen molar-refractivity contribution in [3.63, 3.8) is 0 Å². The van der Waals surface area contributed by atoms with Gasteiger partial charge in [-0.15, -0.1) is 0 Å². The molecular formula is C65H98O12. The molecule has 1 fully saturated rings. The van der Waals surface area contributed by atoms with E-state index in [4.69, 9.17) is 23.7 Å². The quantitative estimate of drug-likeness (QED) is 0.0228. The van der Waals surface area contributed by atoms with Crippen molar-refractivity contribution in [1.29, 1.82) is 0 Å². The summed E-state index contributed by atoms with van der Waals surface area (Å²) in [6.07, 6.45) is 61.2. The average molecular weight is 1070 g/mol. The number of carbonyl (C=O) groups is 4. The molecule has 1 saturated heterocycles. The molecule has 0 aromatic rings. The second-order valence-corrected chi connectivity index (χ2v) is 18.8. The van der Waals surface area contributed by atoms with Gasteiger partial charge >= 0.3 is 23.9 Å². The Balaban J connectivity index is 2.77. The maximum absolute atomic E-state index is 13.1. The maximum atomic E-state index is 13.1. The summed E-state index contributed by atoms with van der Waals surface area (Å²) in [5, 5.41) is 31.4. The summed E-state index contributed by atoms with van der Waals surface area (Å²) < 4.78 is 28.2. The van der Waals surface area contributed by atoms with E-state index < -0.39 is 67.3 Å². The van der Waals surface area contributed by atoms with Crippen LogP contribution in [0.25, 0.3) is 0 Å². The van der Waals surface area contributed by atoms with Crippen LogP contribution in [0, 0.1) is 0 Å². The van der Waals surface area contributed by atoms with Crippen LogP contribution in [0.15, 0.2) is 146 Å². The first kappa shape index (κ1) is 69.6. The van der Waals surface area contributed by atoms with Crippen molar-refractivity contribution in [2.45, 2.75) is 225 Å². The number of esters is 3. The molecule has 1 aliphatic rings. The number of unbranched alkanes of at least 4 members (excludes halogenated alkanes) is 8. The number of aliphatic hydroxyl groups is 2. The SMILES string of the molecule is CC/C=C\C/C=C\C/C=C\C/C=C\C/C=C\CCCCCC(=O)OCC(COC1OC(C(=O)O)C(O)C(O)C1OC(=O)CCCCCCC/C=C\C/C=C\C/C=C\CC)OC(=O)CC/C=C\C/C=C\C/C=C\C/C=C\CC. The fourth-order valence-electron chi connectivity index (χ4n) is 7.60. The summed E-state index contributed by atoms with van der Waals surface area (Å²) >= 11 is 0. The zero-order valence-corrected chi connectivity index (χ0v) is 47.1. The van der Waals surface area contributed by atoms with Crippen molar-refractivity contribution in [2.75, 3.05) is 13.2 Å². The van der Waals surface area contributed by atoms with Crippen molar-refractivity contribution < 1.29 is 58.2 Å². The van der Waals surface area contributed by atoms with Crippen molar-refractivity contribution in [3.05, 3.63) is 146 Å². The smallest absolute Gasteiger partial charge is 0.335 e. The van der Waals surface area contributed by atoms with E-state index in [9.17, 15) is 34.5 Å². The third-order valence-electron chi connectivity index (χ3n) is 11.9. The van der Waals surface area contributed by atoms with E-state index in [0.717, 1.165) is 122 Å². The number of allylic oxidation sites excluding steroid dienone is 24. The molecule has 0 radical (unpaired) electrons. The van der Waals surface area contributed by atoms with Crippen molar-refractivity contribution in [3.8, 4) is 0 Å². The van der Waals surface area contributed by atoms with E-state index in [1.165, 1.54) is 0 Å². The predicted octanol–water partition coefficient (Wildman–Crippen LogP) is 14.8. The first-order chi connectivity index (χ1) is 37.6. The third kappa shape index (κ3) is 41.4. The van der Waals surface area contributed by atoms with Gasteiger partial charge < -0.3 is 39.0 Å². The predicted molar refractivity (Wildman–Crippen MR) is 312 cm³/mol. The number of rotatable bonds is 46. The first-order valence-corrected chi connectivity index (χ1v) is 28.8. The van der Waals surface area contributed by atoms with Crippen molar-refractivity contribution in [2.24, 2.45) is 0 Å². The van der Waals surface area contributed by atoms with Gasteiger partial charge in [-0.25, -0.2) is 4.79 Å². The summed E-state index contributed by atoms with van der Waals surface area (Å²) in [5.41, 5.74) is 0. The summed E-state index contributed by atoms with van der Waals surface area (Å²) in [6.45, 7) is 5.52. The Labute approximate surface area is 463 Å². The number of aliphatic carboxylic acids is 1. The number of ether oxygens (including phenoxy) is 5. The number of carboxylic acid groups (broad SMARTS) is 1. The van der Waals surface area contributed by atoms with Gasteiger partial charge in [-0.05, 0) is 122 Å². The number of carboxylic acids is 1. The monoisotopic (exact) mass is 1070 g/mol. The molecule has 0 bridgehead atoms. The minimum atomic E-state index is -1.93. The minimum absolute atomic E-state index is 0.0208. The number of hydrogen-bond donors (Lipinski definition) is 3. The normalized spacial score (nSPS) is 19.1. The van der Waals surface area contributed by atoms with E-state index in [2.05, 4.69) is 154 Å². The van der Waals surface area contributed by atoms with Crippen molar-refractivity contribution >= 4 is 23.9 Å². The van der Waals surface area contributed by atoms with E-state index in [0.29, 0.717) is 25.7 Å². The topological polar surface area (TPSA) is 175 Å². The Morgan fingerprint density at radius 1 is 0.429 bits per heavy atom. The Morgan fingerprint density at radius 3 is 1.25 bits per heavy atom. The lowest BCUT2D eigenvalue weighted by molar-refractivity contribution is -0.301. The van der Waals surface area contributed by atoms with Gasteiger partial charge in [0.05, 0.1) is 6.61 Å². The van der Waals surface area contributed by atoms with Gasteiger partial charge in [0.25, 0.3) is 0 Å². The van der Waals surface area contributed by atoms with Gasteiger partial charge in [0.2, 0.25) is 0 Å². The lowest BCUT2D eigenvalue weighted by Crippen LogP contribution is -2.61. The zero-order chi connectivity index (χ0) is 56.1. The largest absolute Gasteiger partial charge is 0.479 e. The van der Waals surface area contributed by atoms with Gasteiger partial charge in [0.1, 0.15) is 18.8 Å². The van der Waals surface area contributed by atoms with Crippen LogP contribution in [0.4, 0.5) is 0 Å². The highest BCUT2D eigenvalue weighted by Crippen LogP contribution is 2.26. The molecule has 6 unspecified atom stereocenters. The molecule has 77 heavy (non-hydrogen) atoms. The molecule has 0 aliphatic carbocycles. The number of aliphatic hydroxyl groups excluding tert-OH is 2. The Bertz CT molecular complexity index is 1890. The van der Waals surface area contributed by atoms with Crippen LogP contribution in [0.3, 0.4) is 0 Å².